The third-order valence-electron chi connectivity index (χ3n) is 2.35. The summed E-state index contributed by atoms with van der Waals surface area (Å²) in [6.45, 7) is 2.79. The zero-order valence-electron chi connectivity index (χ0n) is 9.87. The topological polar surface area (TPSA) is 37.0 Å². The van der Waals surface area contributed by atoms with Gasteiger partial charge in [-0.15, -0.1) is 0 Å². The summed E-state index contributed by atoms with van der Waals surface area (Å²) < 4.78 is 14.3. The second kappa shape index (κ2) is 5.82. The van der Waals surface area contributed by atoms with Crippen molar-refractivity contribution in [3.8, 4) is 0 Å². The summed E-state index contributed by atoms with van der Waals surface area (Å²) in [4.78, 5) is 4.16. The Hall–Kier alpha value is -1.62. The molecule has 94 valence electrons. The monoisotopic (exact) mass is 309 g/mol. The van der Waals surface area contributed by atoms with Gasteiger partial charge in [0.25, 0.3) is 0 Å². The molecule has 3 nitrogen and oxygen atoms in total. The molecular weight excluding hydrogens is 297 g/mol. The molecule has 0 aliphatic rings. The summed E-state index contributed by atoms with van der Waals surface area (Å²) in [7, 11) is 0. The molecule has 0 spiro atoms. The zero-order chi connectivity index (χ0) is 13.0. The molecule has 1 heterocycles. The van der Waals surface area contributed by atoms with Crippen LogP contribution >= 0.6 is 15.9 Å². The van der Waals surface area contributed by atoms with Crippen LogP contribution in [0, 0.1) is 5.82 Å². The van der Waals surface area contributed by atoms with Crippen LogP contribution in [0.3, 0.4) is 0 Å². The van der Waals surface area contributed by atoms with Gasteiger partial charge >= 0.3 is 0 Å². The Kier molecular flexibility index (Phi) is 4.15. The highest BCUT2D eigenvalue weighted by Gasteiger charge is 2.06. The van der Waals surface area contributed by atoms with Gasteiger partial charge in [-0.05, 0) is 41.1 Å². The molecule has 0 fully saturated rings. The first-order valence-electron chi connectivity index (χ1n) is 5.61. The van der Waals surface area contributed by atoms with E-state index in [-0.39, 0.29) is 5.82 Å². The van der Waals surface area contributed by atoms with Gasteiger partial charge in [-0.3, -0.25) is 0 Å². The van der Waals surface area contributed by atoms with Crippen molar-refractivity contribution in [2.24, 2.45) is 0 Å². The highest BCUT2D eigenvalue weighted by atomic mass is 79.9. The van der Waals surface area contributed by atoms with Crippen LogP contribution in [0.1, 0.15) is 6.92 Å². The lowest BCUT2D eigenvalue weighted by atomic mass is 10.3. The van der Waals surface area contributed by atoms with Crippen molar-refractivity contribution in [3.63, 3.8) is 0 Å². The van der Waals surface area contributed by atoms with E-state index in [9.17, 15) is 4.39 Å². The molecule has 0 atom stereocenters. The Bertz CT molecular complexity index is 525. The molecule has 0 bridgehead atoms. The van der Waals surface area contributed by atoms with Gasteiger partial charge < -0.3 is 10.6 Å². The van der Waals surface area contributed by atoms with E-state index in [1.165, 1.54) is 6.07 Å². The van der Waals surface area contributed by atoms with Crippen LogP contribution < -0.4 is 10.6 Å². The fraction of sp³-hybridized carbons (Fsp3) is 0.154. The molecule has 5 heteroatoms. The first-order chi connectivity index (χ1) is 8.70. The molecule has 0 unspecified atom stereocenters. The number of hydrogen-bond donors (Lipinski definition) is 2. The summed E-state index contributed by atoms with van der Waals surface area (Å²) >= 11 is 3.32. The average molecular weight is 310 g/mol. The van der Waals surface area contributed by atoms with Gasteiger partial charge in [0.15, 0.2) is 0 Å². The van der Waals surface area contributed by atoms with Crippen molar-refractivity contribution < 1.29 is 4.39 Å². The number of nitrogens with one attached hydrogen (secondary N) is 2. The number of hydrogen-bond acceptors (Lipinski definition) is 3. The van der Waals surface area contributed by atoms with Gasteiger partial charge in [0, 0.05) is 29.0 Å². The van der Waals surface area contributed by atoms with E-state index in [0.29, 0.717) is 10.2 Å². The van der Waals surface area contributed by atoms with Crippen LogP contribution in [0.25, 0.3) is 0 Å². The molecule has 0 saturated carbocycles. The van der Waals surface area contributed by atoms with E-state index in [1.54, 1.807) is 24.4 Å². The summed E-state index contributed by atoms with van der Waals surface area (Å²) in [6, 6.07) is 8.49. The van der Waals surface area contributed by atoms with Crippen molar-refractivity contribution in [2.45, 2.75) is 6.92 Å². The maximum Gasteiger partial charge on any atom is 0.147 e. The summed E-state index contributed by atoms with van der Waals surface area (Å²) in [5.41, 5.74) is 1.21. The second-order valence-electron chi connectivity index (χ2n) is 3.68. The first kappa shape index (κ1) is 12.8. The minimum atomic E-state index is -0.300. The van der Waals surface area contributed by atoms with Gasteiger partial charge in [-0.1, -0.05) is 6.07 Å². The minimum Gasteiger partial charge on any atom is -0.370 e. The molecule has 2 aromatic rings. The Morgan fingerprint density at radius 1 is 1.33 bits per heavy atom. The van der Waals surface area contributed by atoms with E-state index in [4.69, 9.17) is 0 Å². The molecule has 0 saturated heterocycles. The summed E-state index contributed by atoms with van der Waals surface area (Å²) in [5, 5.41) is 6.14. The normalized spacial score (nSPS) is 10.2. The molecule has 0 amide bonds. The van der Waals surface area contributed by atoms with Crippen LogP contribution in [0.2, 0.25) is 0 Å². The lowest BCUT2D eigenvalue weighted by Gasteiger charge is -2.10. The van der Waals surface area contributed by atoms with Crippen molar-refractivity contribution in [3.05, 3.63) is 46.8 Å². The highest BCUT2D eigenvalue weighted by molar-refractivity contribution is 9.10. The lowest BCUT2D eigenvalue weighted by Crippen LogP contribution is -2.00. The van der Waals surface area contributed by atoms with Crippen LogP contribution in [0.4, 0.5) is 21.6 Å². The molecule has 0 aliphatic carbocycles. The van der Waals surface area contributed by atoms with Crippen LogP contribution in [-0.4, -0.2) is 11.5 Å². The maximum absolute atomic E-state index is 13.7. The first-order valence-corrected chi connectivity index (χ1v) is 6.41. The Labute approximate surface area is 114 Å². The Morgan fingerprint density at radius 3 is 2.89 bits per heavy atom. The van der Waals surface area contributed by atoms with Gasteiger partial charge in [0.1, 0.15) is 11.6 Å². The van der Waals surface area contributed by atoms with Crippen molar-refractivity contribution in [1.82, 2.24) is 4.98 Å². The lowest BCUT2D eigenvalue weighted by molar-refractivity contribution is 0.631. The van der Waals surface area contributed by atoms with Gasteiger partial charge in [-0.25, -0.2) is 9.37 Å². The van der Waals surface area contributed by atoms with Gasteiger partial charge in [-0.2, -0.15) is 0 Å². The fourth-order valence-corrected chi connectivity index (χ4v) is 1.99. The number of para-hydroxylation sites is 1. The van der Waals surface area contributed by atoms with E-state index in [0.717, 1.165) is 18.1 Å². The number of benzene rings is 1. The Morgan fingerprint density at radius 2 is 2.17 bits per heavy atom. The molecule has 18 heavy (non-hydrogen) atoms. The van der Waals surface area contributed by atoms with E-state index >= 15 is 0 Å². The van der Waals surface area contributed by atoms with Crippen LogP contribution in [0.5, 0.6) is 0 Å². The van der Waals surface area contributed by atoms with Crippen molar-refractivity contribution in [2.75, 3.05) is 17.2 Å². The molecule has 2 N–H and O–H groups in total. The number of anilines is 3. The number of aromatic nitrogens is 1. The molecule has 1 aromatic heterocycles. The highest BCUT2D eigenvalue weighted by Crippen LogP contribution is 2.28. The SMILES string of the molecule is CCNc1cc(Nc2c(F)cccc2Br)ccn1. The van der Waals surface area contributed by atoms with Crippen molar-refractivity contribution in [1.29, 1.82) is 0 Å². The largest absolute Gasteiger partial charge is 0.370 e. The predicted molar refractivity (Wildman–Crippen MR) is 75.8 cm³/mol. The number of pyridine rings is 1. The van der Waals surface area contributed by atoms with Gasteiger partial charge in [0.05, 0.1) is 5.69 Å². The third-order valence-corrected chi connectivity index (χ3v) is 3.01. The number of halogens is 2. The molecule has 0 aliphatic heterocycles. The van der Waals surface area contributed by atoms with E-state index in [2.05, 4.69) is 31.5 Å². The van der Waals surface area contributed by atoms with E-state index in [1.807, 2.05) is 13.0 Å². The molecule has 2 rings (SSSR count). The number of rotatable bonds is 4. The smallest absolute Gasteiger partial charge is 0.147 e. The Balaban J connectivity index is 2.26. The van der Waals surface area contributed by atoms with Crippen LogP contribution in [-0.2, 0) is 0 Å². The fourth-order valence-electron chi connectivity index (χ4n) is 1.55. The standard InChI is InChI=1S/C13H13BrFN3/c1-2-16-12-8-9(6-7-17-12)18-13-10(14)4-3-5-11(13)15/h3-8H,2H2,1H3,(H2,16,17,18). The minimum absolute atomic E-state index is 0.300. The van der Waals surface area contributed by atoms with Crippen molar-refractivity contribution >= 4 is 33.1 Å². The zero-order valence-corrected chi connectivity index (χ0v) is 11.5. The summed E-state index contributed by atoms with van der Waals surface area (Å²) in [6.07, 6.45) is 1.68. The molecule has 0 radical (unpaired) electrons. The summed E-state index contributed by atoms with van der Waals surface area (Å²) in [5.74, 6) is 0.459. The molecular formula is C13H13BrFN3. The van der Waals surface area contributed by atoms with E-state index < -0.39 is 0 Å². The third kappa shape index (κ3) is 2.98. The number of nitrogens with zero attached hydrogens (tertiary/aromatic N) is 1. The maximum atomic E-state index is 13.7. The van der Waals surface area contributed by atoms with Crippen LogP contribution in [0.15, 0.2) is 41.0 Å². The quantitative estimate of drug-likeness (QED) is 0.890. The average Bonchev–Trinajstić information content (AvgIpc) is 2.35. The molecule has 1 aromatic carbocycles. The predicted octanol–water partition coefficient (Wildman–Crippen LogP) is 4.16. The second-order valence-corrected chi connectivity index (χ2v) is 4.54. The van der Waals surface area contributed by atoms with Gasteiger partial charge in [0.2, 0.25) is 0 Å².